The molecular weight excluding hydrogens is 937 g/mol. The van der Waals surface area contributed by atoms with Gasteiger partial charge in [-0.05, 0) is 206 Å². The molecule has 0 heteroatoms. The van der Waals surface area contributed by atoms with Gasteiger partial charge in [0.15, 0.2) is 0 Å². The van der Waals surface area contributed by atoms with Crippen molar-refractivity contribution in [3.05, 3.63) is 202 Å². The van der Waals surface area contributed by atoms with Crippen LogP contribution in [-0.2, 0) is 21.7 Å². The van der Waals surface area contributed by atoms with Crippen LogP contribution in [0.1, 0.15) is 183 Å². The normalized spacial score (nSPS) is 11.6. The van der Waals surface area contributed by atoms with Gasteiger partial charge < -0.3 is 0 Å². The molecule has 0 aliphatic heterocycles. The Labute approximate surface area is 475 Å². The summed E-state index contributed by atoms with van der Waals surface area (Å²) >= 11 is 0. The molecule has 9 rings (SSSR count). The molecule has 0 aromatic heterocycles. The van der Waals surface area contributed by atoms with Gasteiger partial charge in [-0.3, -0.25) is 0 Å². The molecule has 9 aromatic rings. The van der Waals surface area contributed by atoms with Crippen molar-refractivity contribution in [2.45, 2.75) is 188 Å². The zero-order valence-corrected chi connectivity index (χ0v) is 53.0. The highest BCUT2D eigenvalue weighted by Gasteiger charge is 2.25. The topological polar surface area (TPSA) is 0 Å². The van der Waals surface area contributed by atoms with Gasteiger partial charge in [-0.1, -0.05) is 272 Å². The third-order valence-corrected chi connectivity index (χ3v) is 15.2. The smallest absolute Gasteiger partial charge is 0.00258 e. The summed E-state index contributed by atoms with van der Waals surface area (Å²) in [4.78, 5) is 0. The van der Waals surface area contributed by atoms with Gasteiger partial charge in [-0.25, -0.2) is 0 Å². The van der Waals surface area contributed by atoms with Crippen LogP contribution in [0.3, 0.4) is 0 Å². The lowest BCUT2D eigenvalue weighted by Gasteiger charge is -2.25. The summed E-state index contributed by atoms with van der Waals surface area (Å²) in [6.45, 7) is 52.6. The first-order valence-electron chi connectivity index (χ1n) is 29.6. The maximum absolute atomic E-state index is 2.54. The number of aryl methyl sites for hydroxylation is 4. The maximum Gasteiger partial charge on any atom is -0.00258 e. The zero-order valence-electron chi connectivity index (χ0n) is 53.0. The van der Waals surface area contributed by atoms with Gasteiger partial charge in [0.1, 0.15) is 0 Å². The van der Waals surface area contributed by atoms with Gasteiger partial charge in [0.2, 0.25) is 0 Å². The lowest BCUT2D eigenvalue weighted by molar-refractivity contribution is 0.590. The molecule has 0 saturated heterocycles. The molecule has 0 radical (unpaired) electrons. The largest absolute Gasteiger partial charge is 0.0683 e. The summed E-state index contributed by atoms with van der Waals surface area (Å²) in [7, 11) is 0. The van der Waals surface area contributed by atoms with E-state index in [2.05, 4.69) is 269 Å². The molecule has 0 amide bonds. The SMILES string of the molecule is CC.CC.CC.CC.Cc1ccc(-c2c3cc(-c4ccc(C(C)(C)C)cc4)c(-c4ccc(C(C)(C)C)cc4)cc3c(-c3ccc(C)c(C)c3)c3cc(-c4ccc(C(C)(C)C)cc4)c(-c4ccc(C(C)(C)C)cc4)cc23)cc1C. The highest BCUT2D eigenvalue weighted by molar-refractivity contribution is 6.24. The Bertz CT molecular complexity index is 3000. The van der Waals surface area contributed by atoms with Gasteiger partial charge >= 0.3 is 0 Å². The predicted molar refractivity (Wildman–Crippen MR) is 353 cm³/mol. The van der Waals surface area contributed by atoms with Gasteiger partial charge in [-0.2, -0.15) is 0 Å². The van der Waals surface area contributed by atoms with Gasteiger partial charge in [-0.15, -0.1) is 0 Å². The van der Waals surface area contributed by atoms with Crippen LogP contribution in [0.5, 0.6) is 0 Å². The fourth-order valence-electron chi connectivity index (χ4n) is 10.3. The Morgan fingerprint density at radius 3 is 0.551 bits per heavy atom. The van der Waals surface area contributed by atoms with Crippen molar-refractivity contribution in [1.82, 2.24) is 0 Å². The Balaban J connectivity index is 0.00000134. The fourth-order valence-corrected chi connectivity index (χ4v) is 10.3. The fraction of sp³-hybridized carbons (Fsp3) is 0.359. The molecule has 0 atom stereocenters. The number of hydrogen-bond donors (Lipinski definition) is 0. The number of fused-ring (bicyclic) bond motifs is 2. The Hall–Kier alpha value is -6.50. The molecule has 0 nitrogen and oxygen atoms in total. The molecular formula is C78H98. The molecule has 78 heavy (non-hydrogen) atoms. The summed E-state index contributed by atoms with van der Waals surface area (Å²) in [6.07, 6.45) is 0. The molecule has 0 heterocycles. The Morgan fingerprint density at radius 1 is 0.205 bits per heavy atom. The average molecular weight is 1040 g/mol. The van der Waals surface area contributed by atoms with E-state index in [1.54, 1.807) is 0 Å². The van der Waals surface area contributed by atoms with E-state index >= 15 is 0 Å². The summed E-state index contributed by atoms with van der Waals surface area (Å²) < 4.78 is 0. The summed E-state index contributed by atoms with van der Waals surface area (Å²) in [5, 5.41) is 5.02. The van der Waals surface area contributed by atoms with Crippen molar-refractivity contribution in [3.8, 4) is 66.8 Å². The maximum atomic E-state index is 2.54. The van der Waals surface area contributed by atoms with Crippen LogP contribution >= 0.6 is 0 Å². The molecule has 0 bridgehead atoms. The highest BCUT2D eigenvalue weighted by Crippen LogP contribution is 2.51. The van der Waals surface area contributed by atoms with Crippen LogP contribution in [0.4, 0.5) is 0 Å². The van der Waals surface area contributed by atoms with Crippen LogP contribution in [-0.4, -0.2) is 0 Å². The third kappa shape index (κ3) is 13.5. The highest BCUT2D eigenvalue weighted by atomic mass is 14.3. The van der Waals surface area contributed by atoms with Crippen LogP contribution in [0.25, 0.3) is 88.3 Å². The molecule has 0 aliphatic carbocycles. The van der Waals surface area contributed by atoms with E-state index in [0.29, 0.717) is 0 Å². The van der Waals surface area contributed by atoms with E-state index in [1.165, 1.54) is 133 Å². The van der Waals surface area contributed by atoms with Crippen molar-refractivity contribution in [2.24, 2.45) is 0 Å². The van der Waals surface area contributed by atoms with Gasteiger partial charge in [0, 0.05) is 0 Å². The Morgan fingerprint density at radius 2 is 0.385 bits per heavy atom. The van der Waals surface area contributed by atoms with Crippen LogP contribution < -0.4 is 0 Å². The molecule has 0 saturated carbocycles. The van der Waals surface area contributed by atoms with E-state index in [0.717, 1.165) is 0 Å². The molecule has 0 N–H and O–H groups in total. The molecule has 0 unspecified atom stereocenters. The second-order valence-corrected chi connectivity index (χ2v) is 24.5. The van der Waals surface area contributed by atoms with Crippen LogP contribution in [0.2, 0.25) is 0 Å². The molecule has 410 valence electrons. The van der Waals surface area contributed by atoms with E-state index in [1.807, 2.05) is 55.4 Å². The van der Waals surface area contributed by atoms with Gasteiger partial charge in [0.05, 0.1) is 0 Å². The lowest BCUT2D eigenvalue weighted by atomic mass is 9.79. The first-order chi connectivity index (χ1) is 36.9. The number of hydrogen-bond acceptors (Lipinski definition) is 0. The van der Waals surface area contributed by atoms with Gasteiger partial charge in [0.25, 0.3) is 0 Å². The minimum atomic E-state index is 0.0439. The Kier molecular flexibility index (Phi) is 20.4. The van der Waals surface area contributed by atoms with Crippen molar-refractivity contribution in [1.29, 1.82) is 0 Å². The molecule has 9 aromatic carbocycles. The third-order valence-electron chi connectivity index (χ3n) is 15.2. The van der Waals surface area contributed by atoms with Crippen molar-refractivity contribution in [3.63, 3.8) is 0 Å². The molecule has 0 spiro atoms. The zero-order chi connectivity index (χ0) is 58.2. The van der Waals surface area contributed by atoms with E-state index < -0.39 is 0 Å². The number of rotatable bonds is 6. The monoisotopic (exact) mass is 1030 g/mol. The average Bonchev–Trinajstić information content (AvgIpc) is 3.63. The van der Waals surface area contributed by atoms with Crippen molar-refractivity contribution in [2.75, 3.05) is 0 Å². The minimum absolute atomic E-state index is 0.0439. The van der Waals surface area contributed by atoms with Crippen LogP contribution in [0, 0.1) is 27.7 Å². The summed E-state index contributed by atoms with van der Waals surface area (Å²) in [5.41, 5.74) is 25.5. The van der Waals surface area contributed by atoms with Crippen molar-refractivity contribution < 1.29 is 0 Å². The summed E-state index contributed by atoms with van der Waals surface area (Å²) in [6, 6.07) is 61.9. The second-order valence-electron chi connectivity index (χ2n) is 24.5. The predicted octanol–water partition coefficient (Wildman–Crippen LogP) is 24.5. The van der Waals surface area contributed by atoms with E-state index in [4.69, 9.17) is 0 Å². The van der Waals surface area contributed by atoms with Crippen LogP contribution in [0.15, 0.2) is 158 Å². The molecule has 0 fully saturated rings. The van der Waals surface area contributed by atoms with E-state index in [-0.39, 0.29) is 21.7 Å². The molecule has 0 aliphatic rings. The second kappa shape index (κ2) is 25.5. The minimum Gasteiger partial charge on any atom is -0.0683 e. The summed E-state index contributed by atoms with van der Waals surface area (Å²) in [5.74, 6) is 0. The van der Waals surface area contributed by atoms with Crippen molar-refractivity contribution >= 4 is 21.5 Å². The first kappa shape index (κ1) is 62.3. The quantitative estimate of drug-likeness (QED) is 0.146. The lowest BCUT2D eigenvalue weighted by Crippen LogP contribution is -2.10. The standard InChI is InChI=1S/C70H74.4C2H6/c1-43-17-19-51(37-45(43)3)65-61-39-57(47-21-29-53(30-22-47)67(5,6)7)59(49-25-33-55(34-26-49)69(11,12)13)41-63(61)66(52-20-18-44(2)46(4)38-52)64-42-60(50-27-35-56(36-28-50)70(14,15)16)58(40-62(64)65)48-23-31-54(32-24-48)68(8,9)10;4*1-2/h17-42H,1-16H3;4*1-2H3. The number of benzene rings is 9. The first-order valence-corrected chi connectivity index (χ1v) is 29.6. The van der Waals surface area contributed by atoms with E-state index in [9.17, 15) is 0 Å².